The van der Waals surface area contributed by atoms with Gasteiger partial charge in [0.15, 0.2) is 0 Å². The van der Waals surface area contributed by atoms with Gasteiger partial charge in [-0.2, -0.15) is 5.10 Å². The molecule has 3 heteroatoms. The molecule has 1 N–H and O–H groups in total. The zero-order valence-electron chi connectivity index (χ0n) is 9.98. The van der Waals surface area contributed by atoms with E-state index in [0.717, 1.165) is 5.82 Å². The number of anilines is 1. The highest BCUT2D eigenvalue weighted by Crippen LogP contribution is 2.26. The van der Waals surface area contributed by atoms with E-state index < -0.39 is 0 Å². The maximum atomic E-state index is 4.52. The molecule has 16 heavy (non-hydrogen) atoms. The van der Waals surface area contributed by atoms with Gasteiger partial charge < -0.3 is 0 Å². The normalized spacial score (nSPS) is 28.0. The van der Waals surface area contributed by atoms with E-state index >= 15 is 0 Å². The fourth-order valence-electron chi connectivity index (χ4n) is 2.28. The van der Waals surface area contributed by atoms with Crippen molar-refractivity contribution in [2.24, 2.45) is 16.9 Å². The number of nitrogens with one attached hydrogen (secondary N) is 1. The van der Waals surface area contributed by atoms with Gasteiger partial charge in [0.25, 0.3) is 0 Å². The summed E-state index contributed by atoms with van der Waals surface area (Å²) >= 11 is 0. The molecule has 1 aromatic rings. The number of pyridine rings is 1. The van der Waals surface area contributed by atoms with Gasteiger partial charge >= 0.3 is 0 Å². The molecule has 0 bridgehead atoms. The maximum absolute atomic E-state index is 4.52. The van der Waals surface area contributed by atoms with Crippen LogP contribution in [0.25, 0.3) is 0 Å². The molecule has 0 saturated heterocycles. The van der Waals surface area contributed by atoms with Gasteiger partial charge in [0.05, 0.1) is 0 Å². The average Bonchev–Trinajstić information content (AvgIpc) is 2.30. The van der Waals surface area contributed by atoms with Crippen LogP contribution in [0.3, 0.4) is 0 Å². The van der Waals surface area contributed by atoms with Crippen molar-refractivity contribution >= 4 is 11.5 Å². The topological polar surface area (TPSA) is 37.3 Å². The Labute approximate surface area is 97.0 Å². The monoisotopic (exact) mass is 217 g/mol. The molecule has 0 radical (unpaired) electrons. The lowest BCUT2D eigenvalue weighted by Crippen LogP contribution is -2.25. The predicted molar refractivity (Wildman–Crippen MR) is 67.5 cm³/mol. The average molecular weight is 217 g/mol. The SMILES string of the molecule is C[C@@H]1CCC[C@H](C)C1=NNc1ccccn1. The van der Waals surface area contributed by atoms with Gasteiger partial charge in [-0.3, -0.25) is 5.43 Å². The summed E-state index contributed by atoms with van der Waals surface area (Å²) in [6.45, 7) is 4.52. The summed E-state index contributed by atoms with van der Waals surface area (Å²) in [6.07, 6.45) is 5.61. The Bertz CT molecular complexity index is 347. The number of rotatable bonds is 2. The van der Waals surface area contributed by atoms with Crippen molar-refractivity contribution in [2.75, 3.05) is 5.43 Å². The smallest absolute Gasteiger partial charge is 0.146 e. The number of hydrogen-bond acceptors (Lipinski definition) is 3. The Hall–Kier alpha value is -1.38. The third-order valence-electron chi connectivity index (χ3n) is 3.25. The molecule has 1 aliphatic carbocycles. The van der Waals surface area contributed by atoms with Crippen LogP contribution in [0.5, 0.6) is 0 Å². The largest absolute Gasteiger partial charge is 0.261 e. The van der Waals surface area contributed by atoms with Gasteiger partial charge in [0, 0.05) is 11.9 Å². The van der Waals surface area contributed by atoms with Crippen molar-refractivity contribution in [1.29, 1.82) is 0 Å². The Kier molecular flexibility index (Phi) is 3.54. The molecule has 0 aliphatic heterocycles. The first-order valence-corrected chi connectivity index (χ1v) is 6.02. The third kappa shape index (κ3) is 2.60. The zero-order valence-corrected chi connectivity index (χ0v) is 9.98. The van der Waals surface area contributed by atoms with E-state index in [1.807, 2.05) is 18.2 Å². The van der Waals surface area contributed by atoms with Crippen LogP contribution in [0.15, 0.2) is 29.5 Å². The second-order valence-electron chi connectivity index (χ2n) is 4.60. The molecule has 0 spiro atoms. The summed E-state index contributed by atoms with van der Waals surface area (Å²) in [7, 11) is 0. The van der Waals surface area contributed by atoms with Crippen LogP contribution < -0.4 is 5.43 Å². The van der Waals surface area contributed by atoms with Crippen LogP contribution in [0.2, 0.25) is 0 Å². The van der Waals surface area contributed by atoms with Crippen molar-refractivity contribution < 1.29 is 0 Å². The van der Waals surface area contributed by atoms with Crippen molar-refractivity contribution in [3.8, 4) is 0 Å². The summed E-state index contributed by atoms with van der Waals surface area (Å²) in [5.74, 6) is 2.01. The first kappa shape index (κ1) is 11.1. The lowest BCUT2D eigenvalue weighted by atomic mass is 9.81. The van der Waals surface area contributed by atoms with Crippen LogP contribution in [0, 0.1) is 11.8 Å². The van der Waals surface area contributed by atoms with E-state index in [1.54, 1.807) is 6.20 Å². The number of nitrogens with zero attached hydrogens (tertiary/aromatic N) is 2. The molecule has 1 aromatic heterocycles. The Morgan fingerprint density at radius 2 is 2.00 bits per heavy atom. The summed E-state index contributed by atoms with van der Waals surface area (Å²) in [4.78, 5) is 4.20. The molecular formula is C13H19N3. The highest BCUT2D eigenvalue weighted by Gasteiger charge is 2.22. The van der Waals surface area contributed by atoms with Gasteiger partial charge in [0.2, 0.25) is 0 Å². The number of hydrazone groups is 1. The third-order valence-corrected chi connectivity index (χ3v) is 3.25. The van der Waals surface area contributed by atoms with Crippen LogP contribution in [0.1, 0.15) is 33.1 Å². The minimum Gasteiger partial charge on any atom is -0.261 e. The molecule has 1 fully saturated rings. The summed E-state index contributed by atoms with van der Waals surface area (Å²) < 4.78 is 0. The summed E-state index contributed by atoms with van der Waals surface area (Å²) in [5.41, 5.74) is 4.34. The molecule has 1 heterocycles. The Morgan fingerprint density at radius 3 is 2.62 bits per heavy atom. The number of hydrogen-bond donors (Lipinski definition) is 1. The van der Waals surface area contributed by atoms with Crippen molar-refractivity contribution in [3.05, 3.63) is 24.4 Å². The Balaban J connectivity index is 2.05. The highest BCUT2D eigenvalue weighted by molar-refractivity contribution is 5.89. The van der Waals surface area contributed by atoms with Gasteiger partial charge in [-0.05, 0) is 36.8 Å². The first-order chi connectivity index (χ1) is 7.77. The van der Waals surface area contributed by atoms with Crippen LogP contribution in [0.4, 0.5) is 5.82 Å². The van der Waals surface area contributed by atoms with Crippen LogP contribution >= 0.6 is 0 Å². The summed E-state index contributed by atoms with van der Waals surface area (Å²) in [6, 6.07) is 5.80. The van der Waals surface area contributed by atoms with Gasteiger partial charge in [0.1, 0.15) is 5.82 Å². The standard InChI is InChI=1S/C13H19N3/c1-10-6-5-7-11(2)13(10)16-15-12-8-3-4-9-14-12/h3-4,8-11H,5-7H2,1-2H3,(H,14,15)/t10-,11+. The van der Waals surface area contributed by atoms with Crippen molar-refractivity contribution in [3.63, 3.8) is 0 Å². The van der Waals surface area contributed by atoms with Crippen molar-refractivity contribution in [1.82, 2.24) is 4.98 Å². The lowest BCUT2D eigenvalue weighted by molar-refractivity contribution is 0.486. The van der Waals surface area contributed by atoms with Crippen LogP contribution in [-0.2, 0) is 0 Å². The molecule has 0 aromatic carbocycles. The van der Waals surface area contributed by atoms with E-state index in [0.29, 0.717) is 11.8 Å². The second-order valence-corrected chi connectivity index (χ2v) is 4.60. The fraction of sp³-hybridized carbons (Fsp3) is 0.538. The second kappa shape index (κ2) is 5.10. The quantitative estimate of drug-likeness (QED) is 0.772. The van der Waals surface area contributed by atoms with E-state index in [9.17, 15) is 0 Å². The van der Waals surface area contributed by atoms with E-state index in [1.165, 1.54) is 25.0 Å². The molecule has 86 valence electrons. The number of aromatic nitrogens is 1. The molecule has 1 saturated carbocycles. The van der Waals surface area contributed by atoms with Gasteiger partial charge in [-0.15, -0.1) is 0 Å². The summed E-state index contributed by atoms with van der Waals surface area (Å²) in [5, 5.41) is 4.52. The molecule has 3 nitrogen and oxygen atoms in total. The maximum Gasteiger partial charge on any atom is 0.146 e. The van der Waals surface area contributed by atoms with E-state index in [2.05, 4.69) is 29.4 Å². The van der Waals surface area contributed by atoms with E-state index in [4.69, 9.17) is 0 Å². The minimum atomic E-state index is 0.597. The highest BCUT2D eigenvalue weighted by atomic mass is 15.3. The molecule has 0 unspecified atom stereocenters. The zero-order chi connectivity index (χ0) is 11.4. The van der Waals surface area contributed by atoms with Crippen molar-refractivity contribution in [2.45, 2.75) is 33.1 Å². The van der Waals surface area contributed by atoms with E-state index in [-0.39, 0.29) is 0 Å². The molecule has 2 rings (SSSR count). The van der Waals surface area contributed by atoms with Crippen LogP contribution in [-0.4, -0.2) is 10.7 Å². The Morgan fingerprint density at radius 1 is 1.25 bits per heavy atom. The molecule has 0 amide bonds. The molecule has 2 atom stereocenters. The predicted octanol–water partition coefficient (Wildman–Crippen LogP) is 3.31. The van der Waals surface area contributed by atoms with Gasteiger partial charge in [-0.1, -0.05) is 26.3 Å². The van der Waals surface area contributed by atoms with Gasteiger partial charge in [-0.25, -0.2) is 4.98 Å². The minimum absolute atomic E-state index is 0.597. The first-order valence-electron chi connectivity index (χ1n) is 6.02. The molecular weight excluding hydrogens is 198 g/mol. The fourth-order valence-corrected chi connectivity index (χ4v) is 2.28. The lowest BCUT2D eigenvalue weighted by Gasteiger charge is -2.26. The molecule has 1 aliphatic rings.